The first-order valence-electron chi connectivity index (χ1n) is 13.0. The molecule has 0 fully saturated rings. The van der Waals surface area contributed by atoms with E-state index in [1.54, 1.807) is 23.2 Å². The summed E-state index contributed by atoms with van der Waals surface area (Å²) in [6, 6.07) is 17.6. The Morgan fingerprint density at radius 3 is 2.25 bits per heavy atom. The highest BCUT2D eigenvalue weighted by molar-refractivity contribution is 7.89. The first-order valence-corrected chi connectivity index (χ1v) is 15.2. The lowest BCUT2D eigenvalue weighted by Gasteiger charge is -2.22. The zero-order chi connectivity index (χ0) is 28.7. The van der Waals surface area contributed by atoms with Gasteiger partial charge in [-0.2, -0.15) is 4.31 Å². The van der Waals surface area contributed by atoms with Crippen LogP contribution in [-0.2, 0) is 26.0 Å². The fourth-order valence-electron chi connectivity index (χ4n) is 4.23. The number of fused-ring (bicyclic) bond motifs is 1. The zero-order valence-electron chi connectivity index (χ0n) is 23.1. The number of methoxy groups -OCH3 is 2. The summed E-state index contributed by atoms with van der Waals surface area (Å²) < 4.78 is 39.1. The summed E-state index contributed by atoms with van der Waals surface area (Å²) >= 11 is 1.45. The van der Waals surface area contributed by atoms with Crippen LogP contribution in [0.2, 0.25) is 0 Å². The Balaban J connectivity index is 1.68. The molecule has 0 saturated carbocycles. The lowest BCUT2D eigenvalue weighted by atomic mass is 10.0. The van der Waals surface area contributed by atoms with Crippen LogP contribution < -0.4 is 4.90 Å². The van der Waals surface area contributed by atoms with Crippen molar-refractivity contribution in [1.29, 1.82) is 0 Å². The number of aromatic nitrogens is 2. The van der Waals surface area contributed by atoms with Crippen LogP contribution in [0.5, 0.6) is 0 Å². The summed E-state index contributed by atoms with van der Waals surface area (Å²) in [5.41, 5.74) is 3.06. The average molecular weight is 583 g/mol. The molecule has 9 nitrogen and oxygen atoms in total. The number of hydrogen-bond donors (Lipinski definition) is 0. The van der Waals surface area contributed by atoms with E-state index in [0.717, 1.165) is 15.8 Å². The van der Waals surface area contributed by atoms with Gasteiger partial charge in [-0.3, -0.25) is 14.7 Å². The second kappa shape index (κ2) is 13.4. The standard InChI is InChI=1S/C29H34N4O5S2/c1-21(2)25-9-7-10-26-27(25)31-29(39-26)33(20-23-8-5-6-15-30-23)28(34)22-11-13-24(14-12-22)40(35,36)32(16-18-37-3)17-19-38-4/h5-15,21H,16-20H2,1-4H3. The molecule has 2 aromatic heterocycles. The predicted octanol–water partition coefficient (Wildman–Crippen LogP) is 4.95. The molecule has 212 valence electrons. The monoisotopic (exact) mass is 582 g/mol. The van der Waals surface area contributed by atoms with E-state index < -0.39 is 10.0 Å². The number of thiazole rings is 1. The van der Waals surface area contributed by atoms with Crippen molar-refractivity contribution in [2.45, 2.75) is 31.2 Å². The van der Waals surface area contributed by atoms with Gasteiger partial charge in [0.15, 0.2) is 5.13 Å². The number of hydrogen-bond acceptors (Lipinski definition) is 8. The van der Waals surface area contributed by atoms with Gasteiger partial charge in [0.2, 0.25) is 10.0 Å². The molecule has 0 spiro atoms. The number of sulfonamides is 1. The second-order valence-electron chi connectivity index (χ2n) is 9.47. The highest BCUT2D eigenvalue weighted by Gasteiger charge is 2.26. The molecule has 0 atom stereocenters. The van der Waals surface area contributed by atoms with Crippen LogP contribution in [-0.4, -0.2) is 69.1 Å². The SMILES string of the molecule is COCCN(CCOC)S(=O)(=O)c1ccc(C(=O)N(Cc2ccccn2)c2nc3c(C(C)C)cccc3s2)cc1. The van der Waals surface area contributed by atoms with E-state index in [1.165, 1.54) is 42.0 Å². The number of para-hydroxylation sites is 1. The van der Waals surface area contributed by atoms with Gasteiger partial charge in [-0.05, 0) is 53.9 Å². The van der Waals surface area contributed by atoms with Crippen LogP contribution in [0.3, 0.4) is 0 Å². The van der Waals surface area contributed by atoms with Crippen molar-refractivity contribution in [3.05, 3.63) is 83.7 Å². The maximum Gasteiger partial charge on any atom is 0.260 e. The number of anilines is 1. The van der Waals surface area contributed by atoms with E-state index >= 15 is 0 Å². The molecule has 0 N–H and O–H groups in total. The number of ether oxygens (including phenoxy) is 2. The highest BCUT2D eigenvalue weighted by Crippen LogP contribution is 2.34. The summed E-state index contributed by atoms with van der Waals surface area (Å²) in [5, 5.41) is 0.556. The lowest BCUT2D eigenvalue weighted by Crippen LogP contribution is -2.36. The Morgan fingerprint density at radius 1 is 0.950 bits per heavy atom. The number of amides is 1. The molecule has 0 saturated heterocycles. The minimum atomic E-state index is -3.81. The van der Waals surface area contributed by atoms with Crippen molar-refractivity contribution in [2.24, 2.45) is 0 Å². The minimum Gasteiger partial charge on any atom is -0.383 e. The number of pyridine rings is 1. The Kier molecular flexibility index (Phi) is 9.99. The van der Waals surface area contributed by atoms with Crippen LogP contribution in [0.25, 0.3) is 10.2 Å². The first kappa shape index (κ1) is 29.8. The van der Waals surface area contributed by atoms with E-state index in [1.807, 2.05) is 30.3 Å². The van der Waals surface area contributed by atoms with Gasteiger partial charge in [-0.25, -0.2) is 13.4 Å². The largest absolute Gasteiger partial charge is 0.383 e. The lowest BCUT2D eigenvalue weighted by molar-refractivity contribution is 0.0984. The molecule has 0 aliphatic carbocycles. The fraction of sp³-hybridized carbons (Fsp3) is 0.345. The third-order valence-corrected chi connectivity index (χ3v) is 9.37. The third-order valence-electron chi connectivity index (χ3n) is 6.41. The number of nitrogens with zero attached hydrogens (tertiary/aromatic N) is 4. The number of rotatable bonds is 13. The maximum atomic E-state index is 13.9. The number of carbonyl (C=O) groups excluding carboxylic acids is 1. The van der Waals surface area contributed by atoms with Crippen molar-refractivity contribution in [3.63, 3.8) is 0 Å². The first-order chi connectivity index (χ1) is 19.3. The molecule has 1 amide bonds. The van der Waals surface area contributed by atoms with Gasteiger partial charge >= 0.3 is 0 Å². The van der Waals surface area contributed by atoms with Gasteiger partial charge in [0.05, 0.1) is 40.6 Å². The Morgan fingerprint density at radius 2 is 1.65 bits per heavy atom. The second-order valence-corrected chi connectivity index (χ2v) is 12.4. The van der Waals surface area contributed by atoms with Crippen molar-refractivity contribution in [2.75, 3.05) is 45.4 Å². The highest BCUT2D eigenvalue weighted by atomic mass is 32.2. The number of carbonyl (C=O) groups is 1. The van der Waals surface area contributed by atoms with E-state index in [0.29, 0.717) is 16.4 Å². The van der Waals surface area contributed by atoms with Crippen LogP contribution in [0, 0.1) is 0 Å². The fourth-order valence-corrected chi connectivity index (χ4v) is 6.64. The molecule has 11 heteroatoms. The minimum absolute atomic E-state index is 0.0918. The van der Waals surface area contributed by atoms with Crippen LogP contribution in [0.4, 0.5) is 5.13 Å². The van der Waals surface area contributed by atoms with Crippen LogP contribution >= 0.6 is 11.3 Å². The van der Waals surface area contributed by atoms with Gasteiger partial charge in [0.1, 0.15) is 0 Å². The van der Waals surface area contributed by atoms with Crippen molar-refractivity contribution in [3.8, 4) is 0 Å². The third kappa shape index (κ3) is 6.73. The van der Waals surface area contributed by atoms with E-state index in [-0.39, 0.29) is 49.6 Å². The van der Waals surface area contributed by atoms with Crippen molar-refractivity contribution < 1.29 is 22.7 Å². The predicted molar refractivity (Wildman–Crippen MR) is 157 cm³/mol. The molecule has 0 unspecified atom stereocenters. The van der Waals surface area contributed by atoms with Crippen LogP contribution in [0.1, 0.15) is 41.4 Å². The summed E-state index contributed by atoms with van der Waals surface area (Å²) in [7, 11) is -0.769. The molecular weight excluding hydrogens is 548 g/mol. The molecule has 4 aromatic rings. The molecular formula is C29H34N4O5S2. The van der Waals surface area contributed by atoms with E-state index in [9.17, 15) is 13.2 Å². The number of benzene rings is 2. The summed E-state index contributed by atoms with van der Waals surface area (Å²) in [6.07, 6.45) is 1.69. The average Bonchev–Trinajstić information content (AvgIpc) is 3.40. The summed E-state index contributed by atoms with van der Waals surface area (Å²) in [4.78, 5) is 24.9. The maximum absolute atomic E-state index is 13.9. The molecule has 0 bridgehead atoms. The van der Waals surface area contributed by atoms with Gasteiger partial charge in [0.25, 0.3) is 5.91 Å². The molecule has 0 aliphatic heterocycles. The van der Waals surface area contributed by atoms with Crippen molar-refractivity contribution in [1.82, 2.24) is 14.3 Å². The zero-order valence-corrected chi connectivity index (χ0v) is 24.7. The molecule has 40 heavy (non-hydrogen) atoms. The van der Waals surface area contributed by atoms with Gasteiger partial charge < -0.3 is 9.47 Å². The van der Waals surface area contributed by atoms with Gasteiger partial charge in [-0.1, -0.05) is 43.4 Å². The molecule has 0 radical (unpaired) electrons. The van der Waals surface area contributed by atoms with E-state index in [4.69, 9.17) is 14.5 Å². The molecule has 4 rings (SSSR count). The van der Waals surface area contributed by atoms with Crippen LogP contribution in [0.15, 0.2) is 71.8 Å². The summed E-state index contributed by atoms with van der Waals surface area (Å²) in [6.45, 7) is 5.34. The quantitative estimate of drug-likeness (QED) is 0.220. The molecule has 2 aromatic carbocycles. The Labute approximate surface area is 239 Å². The normalized spacial score (nSPS) is 11.9. The Hall–Kier alpha value is -3.22. The molecule has 0 aliphatic rings. The van der Waals surface area contributed by atoms with Crippen molar-refractivity contribution >= 4 is 42.6 Å². The van der Waals surface area contributed by atoms with Gasteiger partial charge in [0, 0.05) is 39.1 Å². The summed E-state index contributed by atoms with van der Waals surface area (Å²) in [5.74, 6) is -0.0178. The topological polar surface area (TPSA) is 102 Å². The van der Waals surface area contributed by atoms with E-state index in [2.05, 4.69) is 24.9 Å². The smallest absolute Gasteiger partial charge is 0.260 e. The van der Waals surface area contributed by atoms with Gasteiger partial charge in [-0.15, -0.1) is 0 Å². The Bertz CT molecular complexity index is 1520. The molecule has 2 heterocycles.